The summed E-state index contributed by atoms with van der Waals surface area (Å²) >= 11 is 0. The van der Waals surface area contributed by atoms with Crippen LogP contribution in [0.2, 0.25) is 0 Å². The number of amides is 1. The van der Waals surface area contributed by atoms with Crippen molar-refractivity contribution in [2.75, 3.05) is 13.6 Å². The molecule has 0 radical (unpaired) electrons. The summed E-state index contributed by atoms with van der Waals surface area (Å²) in [5.41, 5.74) is -0.402. The summed E-state index contributed by atoms with van der Waals surface area (Å²) in [5.74, 6) is -0.215. The Kier molecular flexibility index (Phi) is 4.72. The second kappa shape index (κ2) is 5.88. The van der Waals surface area contributed by atoms with Crippen LogP contribution in [0.25, 0.3) is 0 Å². The molecule has 0 fully saturated rings. The fourth-order valence-electron chi connectivity index (χ4n) is 1.66. The number of hydrogen-bond acceptors (Lipinski definition) is 4. The molecule has 0 aromatic carbocycles. The minimum Gasteiger partial charge on any atom is -0.480 e. The number of nitrogens with one attached hydrogen (secondary N) is 2. The highest BCUT2D eigenvalue weighted by molar-refractivity contribution is 6.01. The van der Waals surface area contributed by atoms with Gasteiger partial charge in [-0.05, 0) is 26.1 Å². The van der Waals surface area contributed by atoms with Crippen LogP contribution < -0.4 is 10.6 Å². The third-order valence-corrected chi connectivity index (χ3v) is 2.91. The normalized spacial score (nSPS) is 13.1. The summed E-state index contributed by atoms with van der Waals surface area (Å²) in [6.45, 7) is 5.98. The first-order valence-corrected chi connectivity index (χ1v) is 6.02. The molecule has 19 heavy (non-hydrogen) atoms. The Morgan fingerprint density at radius 3 is 2.47 bits per heavy atom. The van der Waals surface area contributed by atoms with Crippen molar-refractivity contribution in [3.05, 3.63) is 23.7 Å². The average Bonchev–Trinajstić information content (AvgIpc) is 2.74. The van der Waals surface area contributed by atoms with Gasteiger partial charge in [-0.3, -0.25) is 10.1 Å². The summed E-state index contributed by atoms with van der Waals surface area (Å²) in [7, 11) is 1.43. The van der Waals surface area contributed by atoms with Crippen LogP contribution >= 0.6 is 0 Å². The lowest BCUT2D eigenvalue weighted by Gasteiger charge is -2.23. The van der Waals surface area contributed by atoms with Crippen molar-refractivity contribution < 1.29 is 19.1 Å². The molecule has 0 saturated heterocycles. The maximum absolute atomic E-state index is 11.7. The topological polar surface area (TPSA) is 91.6 Å². The van der Waals surface area contributed by atoms with E-state index in [0.29, 0.717) is 6.54 Å². The molecular formula is C13H20N2O4. The lowest BCUT2D eigenvalue weighted by molar-refractivity contribution is -0.143. The third-order valence-electron chi connectivity index (χ3n) is 2.91. The number of aliphatic carboxylic acids is 1. The van der Waals surface area contributed by atoms with Crippen molar-refractivity contribution in [3.63, 3.8) is 0 Å². The number of hydrogen-bond donors (Lipinski definition) is 3. The van der Waals surface area contributed by atoms with Gasteiger partial charge < -0.3 is 14.8 Å². The standard InChI is InChI=1S/C13H20N2O4/c1-8-5-6-9(19-8)13(2,3)7-15-11(16)10(14-4)12(17)18/h5-6,10,14H,7H2,1-4H3,(H,15,16)(H,17,18). The quantitative estimate of drug-likeness (QED) is 0.659. The van der Waals surface area contributed by atoms with Gasteiger partial charge in [0.1, 0.15) is 11.5 Å². The molecule has 0 bridgehead atoms. The predicted octanol–water partition coefficient (Wildman–Crippen LogP) is 0.654. The Hall–Kier alpha value is -1.82. The second-order valence-electron chi connectivity index (χ2n) is 5.07. The van der Waals surface area contributed by atoms with E-state index < -0.39 is 23.3 Å². The smallest absolute Gasteiger partial charge is 0.330 e. The van der Waals surface area contributed by atoms with Crippen molar-refractivity contribution in [3.8, 4) is 0 Å². The van der Waals surface area contributed by atoms with Gasteiger partial charge in [-0.25, -0.2) is 4.79 Å². The first-order chi connectivity index (χ1) is 8.77. The molecule has 106 valence electrons. The van der Waals surface area contributed by atoms with Crippen molar-refractivity contribution in [1.29, 1.82) is 0 Å². The summed E-state index contributed by atoms with van der Waals surface area (Å²) in [6.07, 6.45) is 0. The van der Waals surface area contributed by atoms with Gasteiger partial charge in [-0.2, -0.15) is 0 Å². The summed E-state index contributed by atoms with van der Waals surface area (Å²) in [5, 5.41) is 13.9. The van der Waals surface area contributed by atoms with Crippen LogP contribution in [0.1, 0.15) is 25.4 Å². The molecule has 3 N–H and O–H groups in total. The minimum absolute atomic E-state index is 0.296. The van der Waals surface area contributed by atoms with E-state index in [9.17, 15) is 9.59 Å². The van der Waals surface area contributed by atoms with E-state index in [-0.39, 0.29) is 0 Å². The Bertz CT molecular complexity index is 465. The number of rotatable bonds is 6. The van der Waals surface area contributed by atoms with Gasteiger partial charge in [0.2, 0.25) is 5.91 Å². The number of carbonyl (C=O) groups excluding carboxylic acids is 1. The second-order valence-corrected chi connectivity index (χ2v) is 5.07. The fraction of sp³-hybridized carbons (Fsp3) is 0.538. The molecule has 6 heteroatoms. The van der Waals surface area contributed by atoms with Gasteiger partial charge >= 0.3 is 5.97 Å². The fourth-order valence-corrected chi connectivity index (χ4v) is 1.66. The van der Waals surface area contributed by atoms with Crippen LogP contribution in [0, 0.1) is 6.92 Å². The number of aryl methyl sites for hydroxylation is 1. The van der Waals surface area contributed by atoms with Crippen molar-refractivity contribution in [2.24, 2.45) is 0 Å². The molecule has 0 spiro atoms. The van der Waals surface area contributed by atoms with Crippen molar-refractivity contribution in [1.82, 2.24) is 10.6 Å². The van der Waals surface area contributed by atoms with Gasteiger partial charge in [-0.15, -0.1) is 0 Å². The molecule has 0 aliphatic rings. The Morgan fingerprint density at radius 1 is 1.42 bits per heavy atom. The zero-order valence-corrected chi connectivity index (χ0v) is 11.6. The first-order valence-electron chi connectivity index (χ1n) is 6.02. The van der Waals surface area contributed by atoms with Gasteiger partial charge in [-0.1, -0.05) is 13.8 Å². The lowest BCUT2D eigenvalue weighted by atomic mass is 9.90. The maximum atomic E-state index is 11.7. The van der Waals surface area contributed by atoms with Crippen molar-refractivity contribution >= 4 is 11.9 Å². The average molecular weight is 268 g/mol. The zero-order valence-electron chi connectivity index (χ0n) is 11.6. The zero-order chi connectivity index (χ0) is 14.6. The van der Waals surface area contributed by atoms with Gasteiger partial charge in [0, 0.05) is 12.0 Å². The van der Waals surface area contributed by atoms with E-state index >= 15 is 0 Å². The van der Waals surface area contributed by atoms with Crippen molar-refractivity contribution in [2.45, 2.75) is 32.2 Å². The molecule has 1 aromatic heterocycles. The number of carboxylic acid groups (broad SMARTS) is 1. The predicted molar refractivity (Wildman–Crippen MR) is 70.0 cm³/mol. The molecule has 1 rings (SSSR count). The number of furan rings is 1. The lowest BCUT2D eigenvalue weighted by Crippen LogP contribution is -2.50. The highest BCUT2D eigenvalue weighted by Gasteiger charge is 2.29. The van der Waals surface area contributed by atoms with Crippen LogP contribution in [0.15, 0.2) is 16.5 Å². The molecular weight excluding hydrogens is 248 g/mol. The van der Waals surface area contributed by atoms with Crippen LogP contribution in [0.4, 0.5) is 0 Å². The minimum atomic E-state index is -1.24. The monoisotopic (exact) mass is 268 g/mol. The number of carbonyl (C=O) groups is 2. The van der Waals surface area contributed by atoms with Crippen LogP contribution in [0.5, 0.6) is 0 Å². The molecule has 1 aromatic rings. The first kappa shape index (κ1) is 15.2. The summed E-state index contributed by atoms with van der Waals surface area (Å²) < 4.78 is 5.53. The van der Waals surface area contributed by atoms with Gasteiger partial charge in [0.15, 0.2) is 6.04 Å². The van der Waals surface area contributed by atoms with E-state index in [1.54, 1.807) is 0 Å². The Labute approximate surface area is 112 Å². The molecule has 1 amide bonds. The van der Waals surface area contributed by atoms with E-state index in [0.717, 1.165) is 11.5 Å². The molecule has 1 unspecified atom stereocenters. The van der Waals surface area contributed by atoms with E-state index in [1.807, 2.05) is 32.9 Å². The highest BCUT2D eigenvalue weighted by atomic mass is 16.4. The largest absolute Gasteiger partial charge is 0.480 e. The van der Waals surface area contributed by atoms with E-state index in [1.165, 1.54) is 7.05 Å². The SMILES string of the molecule is CNC(C(=O)O)C(=O)NCC(C)(C)c1ccc(C)o1. The Morgan fingerprint density at radius 2 is 2.05 bits per heavy atom. The molecule has 6 nitrogen and oxygen atoms in total. The van der Waals surface area contributed by atoms with Crippen LogP contribution in [-0.4, -0.2) is 36.6 Å². The molecule has 0 aliphatic heterocycles. The molecule has 0 saturated carbocycles. The summed E-state index contributed by atoms with van der Waals surface area (Å²) in [4.78, 5) is 22.5. The van der Waals surface area contributed by atoms with Gasteiger partial charge in [0.05, 0.1) is 0 Å². The third kappa shape index (κ3) is 3.82. The summed E-state index contributed by atoms with van der Waals surface area (Å²) in [6, 6.07) is 2.47. The molecule has 0 aliphatic carbocycles. The number of likely N-dealkylation sites (N-methyl/N-ethyl adjacent to an activating group) is 1. The van der Waals surface area contributed by atoms with Crippen LogP contribution in [0.3, 0.4) is 0 Å². The van der Waals surface area contributed by atoms with Crippen LogP contribution in [-0.2, 0) is 15.0 Å². The molecule has 1 heterocycles. The van der Waals surface area contributed by atoms with Gasteiger partial charge in [0.25, 0.3) is 0 Å². The molecule has 1 atom stereocenters. The van der Waals surface area contributed by atoms with E-state index in [4.69, 9.17) is 9.52 Å². The Balaban J connectivity index is 2.65. The van der Waals surface area contributed by atoms with E-state index in [2.05, 4.69) is 10.6 Å². The maximum Gasteiger partial charge on any atom is 0.330 e. The highest BCUT2D eigenvalue weighted by Crippen LogP contribution is 2.24. The number of carboxylic acids is 1.